The second kappa shape index (κ2) is 6.04. The van der Waals surface area contributed by atoms with Crippen LogP contribution in [-0.4, -0.2) is 27.2 Å². The molecule has 7 heteroatoms. The number of rotatable bonds is 6. The van der Waals surface area contributed by atoms with Crippen LogP contribution in [0.25, 0.3) is 0 Å². The average Bonchev–Trinajstić information content (AvgIpc) is 3.11. The Hall–Kier alpha value is -0.950. The van der Waals surface area contributed by atoms with Gasteiger partial charge in [-0.1, -0.05) is 15.9 Å². The summed E-state index contributed by atoms with van der Waals surface area (Å²) in [6.07, 6.45) is 1.47. The molecule has 1 aliphatic rings. The maximum atomic E-state index is 13.7. The molecule has 0 aliphatic heterocycles. The molecule has 0 heterocycles. The van der Waals surface area contributed by atoms with E-state index in [1.54, 1.807) is 0 Å². The second-order valence-corrected chi connectivity index (χ2v) is 8.50. The molecule has 0 bridgehead atoms. The summed E-state index contributed by atoms with van der Waals surface area (Å²) in [5.41, 5.74) is -0.382. The molecule has 1 aliphatic carbocycles. The number of sulfone groups is 1. The molecule has 0 saturated heterocycles. The molecular weight excluding hydrogens is 363 g/mol. The summed E-state index contributed by atoms with van der Waals surface area (Å²) >= 11 is 3.20. The van der Waals surface area contributed by atoms with Crippen LogP contribution in [0.4, 0.5) is 4.39 Å². The molecule has 0 N–H and O–H groups in total. The Morgan fingerprint density at radius 3 is 2.67 bits per heavy atom. The van der Waals surface area contributed by atoms with Gasteiger partial charge in [-0.3, -0.25) is 4.79 Å². The summed E-state index contributed by atoms with van der Waals surface area (Å²) in [5, 5.41) is 0. The number of ether oxygens (including phenoxy) is 1. The molecule has 0 radical (unpaired) electrons. The maximum Gasteiger partial charge on any atom is 0.306 e. The fraction of sp³-hybridized carbons (Fsp3) is 0.500. The van der Waals surface area contributed by atoms with Gasteiger partial charge in [-0.2, -0.15) is 0 Å². The van der Waals surface area contributed by atoms with Crippen molar-refractivity contribution in [2.75, 3.05) is 12.9 Å². The van der Waals surface area contributed by atoms with Crippen molar-refractivity contribution in [3.05, 3.63) is 34.1 Å². The van der Waals surface area contributed by atoms with Crippen LogP contribution in [0, 0.1) is 11.2 Å². The molecule has 0 amide bonds. The van der Waals surface area contributed by atoms with Crippen LogP contribution in [0.2, 0.25) is 0 Å². The van der Waals surface area contributed by atoms with Gasteiger partial charge in [0.25, 0.3) is 0 Å². The smallest absolute Gasteiger partial charge is 0.306 e. The average molecular weight is 379 g/mol. The third-order valence-corrected chi connectivity index (χ3v) is 5.91. The van der Waals surface area contributed by atoms with Gasteiger partial charge in [0, 0.05) is 10.0 Å². The van der Waals surface area contributed by atoms with E-state index in [9.17, 15) is 17.6 Å². The van der Waals surface area contributed by atoms with Crippen LogP contribution in [0.15, 0.2) is 22.7 Å². The predicted molar refractivity (Wildman–Crippen MR) is 79.9 cm³/mol. The lowest BCUT2D eigenvalue weighted by atomic mass is 10.1. The number of hydrogen-bond donors (Lipinski definition) is 0. The lowest BCUT2D eigenvalue weighted by Gasteiger charge is -2.14. The van der Waals surface area contributed by atoms with E-state index in [1.165, 1.54) is 25.3 Å². The third kappa shape index (κ3) is 4.51. The highest BCUT2D eigenvalue weighted by molar-refractivity contribution is 9.10. The molecule has 0 atom stereocenters. The van der Waals surface area contributed by atoms with Crippen LogP contribution >= 0.6 is 15.9 Å². The van der Waals surface area contributed by atoms with Crippen LogP contribution in [0.1, 0.15) is 24.8 Å². The topological polar surface area (TPSA) is 60.4 Å². The van der Waals surface area contributed by atoms with Crippen molar-refractivity contribution in [3.63, 3.8) is 0 Å². The standard InChI is InChI=1S/C14H16BrFO4S/c1-20-13(17)7-14(4-5-14)9-21(18,19)8-10-6-11(15)2-3-12(10)16/h2-3,6H,4-5,7-9H2,1H3. The Balaban J connectivity index is 2.09. The first kappa shape index (κ1) is 16.4. The fourth-order valence-electron chi connectivity index (χ4n) is 2.34. The van der Waals surface area contributed by atoms with Gasteiger partial charge in [0.1, 0.15) is 5.82 Å². The van der Waals surface area contributed by atoms with Crippen molar-refractivity contribution < 1.29 is 22.3 Å². The minimum atomic E-state index is -3.49. The highest BCUT2D eigenvalue weighted by atomic mass is 79.9. The van der Waals surface area contributed by atoms with Crippen LogP contribution in [0.5, 0.6) is 0 Å². The van der Waals surface area contributed by atoms with Crippen molar-refractivity contribution in [3.8, 4) is 0 Å². The highest BCUT2D eigenvalue weighted by Crippen LogP contribution is 2.50. The van der Waals surface area contributed by atoms with Crippen molar-refractivity contribution in [2.45, 2.75) is 25.0 Å². The van der Waals surface area contributed by atoms with E-state index < -0.39 is 27.0 Å². The van der Waals surface area contributed by atoms with Gasteiger partial charge in [0.05, 0.1) is 25.0 Å². The molecule has 4 nitrogen and oxygen atoms in total. The Bertz CT molecular complexity index is 653. The van der Waals surface area contributed by atoms with E-state index in [0.29, 0.717) is 17.3 Å². The zero-order valence-electron chi connectivity index (χ0n) is 11.6. The molecule has 1 fully saturated rings. The van der Waals surface area contributed by atoms with Gasteiger partial charge in [-0.25, -0.2) is 12.8 Å². The van der Waals surface area contributed by atoms with E-state index in [1.807, 2.05) is 0 Å². The predicted octanol–water partition coefficient (Wildman–Crippen LogP) is 2.85. The molecule has 0 unspecified atom stereocenters. The third-order valence-electron chi connectivity index (χ3n) is 3.61. The fourth-order valence-corrected chi connectivity index (χ4v) is 4.87. The van der Waals surface area contributed by atoms with Crippen LogP contribution in [0.3, 0.4) is 0 Å². The number of carbonyl (C=O) groups excluding carboxylic acids is 1. The minimum absolute atomic E-state index is 0.101. The number of carbonyl (C=O) groups is 1. The Morgan fingerprint density at radius 2 is 2.10 bits per heavy atom. The summed E-state index contributed by atoms with van der Waals surface area (Å²) in [6, 6.07) is 4.22. The molecule has 1 aromatic carbocycles. The van der Waals surface area contributed by atoms with Crippen molar-refractivity contribution in [1.29, 1.82) is 0 Å². The van der Waals surface area contributed by atoms with E-state index in [0.717, 1.165) is 0 Å². The Morgan fingerprint density at radius 1 is 1.43 bits per heavy atom. The van der Waals surface area contributed by atoms with E-state index in [2.05, 4.69) is 20.7 Å². The van der Waals surface area contributed by atoms with Gasteiger partial charge >= 0.3 is 5.97 Å². The maximum absolute atomic E-state index is 13.7. The number of esters is 1. The van der Waals surface area contributed by atoms with Gasteiger partial charge in [-0.05, 0) is 36.5 Å². The lowest BCUT2D eigenvalue weighted by molar-refractivity contribution is -0.141. The molecule has 0 spiro atoms. The first-order chi connectivity index (χ1) is 9.75. The Kier molecular flexibility index (Phi) is 4.72. The summed E-state index contributed by atoms with van der Waals surface area (Å²) in [5.74, 6) is -1.42. The van der Waals surface area contributed by atoms with Crippen molar-refractivity contribution in [2.24, 2.45) is 5.41 Å². The number of hydrogen-bond acceptors (Lipinski definition) is 4. The summed E-state index contributed by atoms with van der Waals surface area (Å²) < 4.78 is 43.4. The van der Waals surface area contributed by atoms with Gasteiger partial charge in [0.15, 0.2) is 9.84 Å². The lowest BCUT2D eigenvalue weighted by Crippen LogP contribution is -2.22. The highest BCUT2D eigenvalue weighted by Gasteiger charge is 2.47. The summed E-state index contributed by atoms with van der Waals surface area (Å²) in [7, 11) is -2.21. The monoisotopic (exact) mass is 378 g/mol. The van der Waals surface area contributed by atoms with Gasteiger partial charge < -0.3 is 4.74 Å². The van der Waals surface area contributed by atoms with E-state index >= 15 is 0 Å². The summed E-state index contributed by atoms with van der Waals surface area (Å²) in [6.45, 7) is 0. The molecule has 1 saturated carbocycles. The first-order valence-electron chi connectivity index (χ1n) is 6.46. The van der Waals surface area contributed by atoms with Gasteiger partial charge in [0.2, 0.25) is 0 Å². The first-order valence-corrected chi connectivity index (χ1v) is 9.08. The quantitative estimate of drug-likeness (QED) is 0.714. The number of methoxy groups -OCH3 is 1. The molecule has 0 aromatic heterocycles. The zero-order valence-corrected chi connectivity index (χ0v) is 14.0. The zero-order chi connectivity index (χ0) is 15.7. The molecular formula is C14H16BrFO4S. The molecule has 116 valence electrons. The number of benzene rings is 1. The van der Waals surface area contributed by atoms with E-state index in [4.69, 9.17) is 0 Å². The van der Waals surface area contributed by atoms with Crippen molar-refractivity contribution in [1.82, 2.24) is 0 Å². The Labute approximate surface area is 131 Å². The van der Waals surface area contributed by atoms with Crippen molar-refractivity contribution >= 4 is 31.7 Å². The SMILES string of the molecule is COC(=O)CC1(CS(=O)(=O)Cc2cc(Br)ccc2F)CC1. The number of halogens is 2. The normalized spacial score (nSPS) is 16.5. The minimum Gasteiger partial charge on any atom is -0.469 e. The molecule has 1 aromatic rings. The van der Waals surface area contributed by atoms with Crippen LogP contribution < -0.4 is 0 Å². The van der Waals surface area contributed by atoms with Gasteiger partial charge in [-0.15, -0.1) is 0 Å². The van der Waals surface area contributed by atoms with Crippen LogP contribution in [-0.2, 0) is 25.1 Å². The largest absolute Gasteiger partial charge is 0.469 e. The molecule has 2 rings (SSSR count). The second-order valence-electron chi connectivity index (χ2n) is 5.52. The summed E-state index contributed by atoms with van der Waals surface area (Å²) in [4.78, 5) is 11.3. The molecule has 21 heavy (non-hydrogen) atoms. The van der Waals surface area contributed by atoms with E-state index in [-0.39, 0.29) is 23.5 Å².